The fourth-order valence-electron chi connectivity index (χ4n) is 7.75. The Balaban J connectivity index is 1.26. The van der Waals surface area contributed by atoms with Gasteiger partial charge in [0.2, 0.25) is 0 Å². The van der Waals surface area contributed by atoms with Crippen molar-refractivity contribution >= 4 is 43.1 Å². The highest BCUT2D eigenvalue weighted by Crippen LogP contribution is 2.50. The lowest BCUT2D eigenvalue weighted by molar-refractivity contribution is 0.487. The van der Waals surface area contributed by atoms with E-state index in [0.717, 1.165) is 17.1 Å². The van der Waals surface area contributed by atoms with Crippen molar-refractivity contribution in [2.24, 2.45) is 0 Å². The van der Waals surface area contributed by atoms with Crippen molar-refractivity contribution in [2.45, 2.75) is 0 Å². The van der Waals surface area contributed by atoms with Crippen molar-refractivity contribution < 1.29 is 4.74 Å². The maximum Gasteiger partial charge on any atom is 0.135 e. The van der Waals surface area contributed by atoms with Gasteiger partial charge in [-0.25, -0.2) is 0 Å². The van der Waals surface area contributed by atoms with Crippen molar-refractivity contribution in [1.29, 1.82) is 0 Å². The lowest BCUT2D eigenvalue weighted by atomic mass is 9.83. The molecule has 0 bridgehead atoms. The third-order valence-corrected chi connectivity index (χ3v) is 9.83. The quantitative estimate of drug-likeness (QED) is 0.184. The van der Waals surface area contributed by atoms with Crippen LogP contribution in [-0.4, -0.2) is 0 Å². The van der Waals surface area contributed by atoms with Gasteiger partial charge < -0.3 is 4.74 Å². The third kappa shape index (κ3) is 3.97. The van der Waals surface area contributed by atoms with Crippen LogP contribution in [0.1, 0.15) is 0 Å². The van der Waals surface area contributed by atoms with Gasteiger partial charge in [-0.05, 0) is 101 Å². The van der Waals surface area contributed by atoms with Gasteiger partial charge in [-0.2, -0.15) is 0 Å². The van der Waals surface area contributed by atoms with Crippen molar-refractivity contribution in [3.63, 3.8) is 0 Å². The first-order valence-electron chi connectivity index (χ1n) is 16.2. The number of benzene rings is 9. The topological polar surface area (TPSA) is 9.23 Å². The minimum atomic E-state index is 0.898. The summed E-state index contributed by atoms with van der Waals surface area (Å²) in [4.78, 5) is 0. The molecule has 0 aromatic heterocycles. The highest BCUT2D eigenvalue weighted by molar-refractivity contribution is 6.24. The zero-order chi connectivity index (χ0) is 30.9. The summed E-state index contributed by atoms with van der Waals surface area (Å²) in [6.45, 7) is 0. The Morgan fingerprint density at radius 2 is 0.915 bits per heavy atom. The molecule has 0 saturated carbocycles. The Labute approximate surface area is 272 Å². The molecule has 0 fully saturated rings. The van der Waals surface area contributed by atoms with E-state index in [-0.39, 0.29) is 0 Å². The highest BCUT2D eigenvalue weighted by Gasteiger charge is 2.23. The van der Waals surface area contributed by atoms with Crippen LogP contribution >= 0.6 is 0 Å². The van der Waals surface area contributed by atoms with E-state index in [4.69, 9.17) is 4.74 Å². The van der Waals surface area contributed by atoms with Gasteiger partial charge in [0.1, 0.15) is 11.5 Å². The van der Waals surface area contributed by atoms with Gasteiger partial charge in [0.05, 0.1) is 0 Å². The van der Waals surface area contributed by atoms with Crippen LogP contribution in [0, 0.1) is 0 Å². The lowest BCUT2D eigenvalue weighted by Crippen LogP contribution is -1.98. The van der Waals surface area contributed by atoms with Crippen molar-refractivity contribution in [3.8, 4) is 56.0 Å². The van der Waals surface area contributed by atoms with E-state index < -0.39 is 0 Å². The summed E-state index contributed by atoms with van der Waals surface area (Å²) >= 11 is 0. The van der Waals surface area contributed by atoms with Crippen LogP contribution in [0.3, 0.4) is 0 Å². The Morgan fingerprint density at radius 3 is 1.66 bits per heavy atom. The lowest BCUT2D eigenvalue weighted by Gasteiger charge is -2.23. The Bertz CT molecular complexity index is 2640. The molecule has 0 aliphatic carbocycles. The molecular formula is C46H28O. The molecule has 0 N–H and O–H groups in total. The monoisotopic (exact) mass is 596 g/mol. The molecule has 10 rings (SSSR count). The van der Waals surface area contributed by atoms with Gasteiger partial charge >= 0.3 is 0 Å². The van der Waals surface area contributed by atoms with Gasteiger partial charge in [-0.15, -0.1) is 0 Å². The number of ether oxygens (including phenoxy) is 1. The first kappa shape index (κ1) is 26.1. The van der Waals surface area contributed by atoms with Crippen LogP contribution < -0.4 is 4.74 Å². The maximum atomic E-state index is 6.47. The van der Waals surface area contributed by atoms with Crippen LogP contribution in [0.4, 0.5) is 0 Å². The molecule has 1 aliphatic heterocycles. The largest absolute Gasteiger partial charge is 0.456 e. The predicted octanol–water partition coefficient (Wildman–Crippen LogP) is 13.1. The second kappa shape index (κ2) is 10.2. The molecule has 0 spiro atoms. The van der Waals surface area contributed by atoms with Crippen LogP contribution in [-0.2, 0) is 0 Å². The molecular weight excluding hydrogens is 569 g/mol. The molecule has 0 unspecified atom stereocenters. The molecule has 47 heavy (non-hydrogen) atoms. The maximum absolute atomic E-state index is 6.47. The second-order valence-corrected chi connectivity index (χ2v) is 12.4. The summed E-state index contributed by atoms with van der Waals surface area (Å²) < 4.78 is 6.47. The van der Waals surface area contributed by atoms with Gasteiger partial charge in [-0.1, -0.05) is 146 Å². The Kier molecular flexibility index (Phi) is 5.64. The summed E-state index contributed by atoms with van der Waals surface area (Å²) in [5, 5.41) is 9.86. The molecule has 0 radical (unpaired) electrons. The van der Waals surface area contributed by atoms with Crippen LogP contribution in [0.2, 0.25) is 0 Å². The molecule has 9 aromatic carbocycles. The average Bonchev–Trinajstić information content (AvgIpc) is 3.14. The summed E-state index contributed by atoms with van der Waals surface area (Å²) in [5.74, 6) is 1.82. The Hall–Kier alpha value is -6.18. The van der Waals surface area contributed by atoms with E-state index >= 15 is 0 Å². The highest BCUT2D eigenvalue weighted by atomic mass is 16.5. The summed E-state index contributed by atoms with van der Waals surface area (Å²) in [5.41, 5.74) is 9.76. The summed E-state index contributed by atoms with van der Waals surface area (Å²) in [7, 11) is 0. The van der Waals surface area contributed by atoms with Crippen molar-refractivity contribution in [2.75, 3.05) is 0 Å². The third-order valence-electron chi connectivity index (χ3n) is 9.83. The fraction of sp³-hybridized carbons (Fsp3) is 0. The fourth-order valence-corrected chi connectivity index (χ4v) is 7.75. The number of hydrogen-bond donors (Lipinski definition) is 0. The predicted molar refractivity (Wildman–Crippen MR) is 198 cm³/mol. The molecule has 0 saturated heterocycles. The van der Waals surface area contributed by atoms with Gasteiger partial charge in [0, 0.05) is 10.9 Å². The van der Waals surface area contributed by atoms with E-state index in [0.29, 0.717) is 0 Å². The number of hydrogen-bond acceptors (Lipinski definition) is 1. The molecule has 1 heteroatoms. The smallest absolute Gasteiger partial charge is 0.135 e. The van der Waals surface area contributed by atoms with Crippen molar-refractivity contribution in [3.05, 3.63) is 170 Å². The normalized spacial score (nSPS) is 12.0. The van der Waals surface area contributed by atoms with E-state index in [9.17, 15) is 0 Å². The molecule has 0 amide bonds. The van der Waals surface area contributed by atoms with Crippen LogP contribution in [0.25, 0.3) is 87.6 Å². The minimum absolute atomic E-state index is 0.898. The van der Waals surface area contributed by atoms with Gasteiger partial charge in [0.25, 0.3) is 0 Å². The summed E-state index contributed by atoms with van der Waals surface area (Å²) in [6.07, 6.45) is 0. The van der Waals surface area contributed by atoms with E-state index in [2.05, 4.69) is 170 Å². The standard InChI is InChI=1S/C46H28O/c1-2-11-29(12-3-1)32-24-23-30-13-8-20-38(40(30)27-32)46-36-18-6-4-16-34(36)44(35-17-5-7-19-37(35)46)33-25-26-42-41(28-33)39-21-9-14-31-15-10-22-43(47-42)45(31)39/h1-28H. The molecule has 1 aliphatic rings. The average molecular weight is 597 g/mol. The second-order valence-electron chi connectivity index (χ2n) is 12.4. The molecule has 218 valence electrons. The van der Waals surface area contributed by atoms with Gasteiger partial charge in [-0.3, -0.25) is 0 Å². The molecule has 1 nitrogen and oxygen atoms in total. The zero-order valence-electron chi connectivity index (χ0n) is 25.6. The number of rotatable bonds is 3. The first-order chi connectivity index (χ1) is 23.3. The minimum Gasteiger partial charge on any atom is -0.456 e. The van der Waals surface area contributed by atoms with Crippen LogP contribution in [0.5, 0.6) is 11.5 Å². The SMILES string of the molecule is c1ccc(-c2ccc3cccc(-c4c5ccccc5c(-c5ccc6c(c5)-c5cccc7cccc(c57)O6)c5ccccc45)c3c2)cc1. The van der Waals surface area contributed by atoms with Crippen molar-refractivity contribution in [1.82, 2.24) is 0 Å². The first-order valence-corrected chi connectivity index (χ1v) is 16.2. The summed E-state index contributed by atoms with van der Waals surface area (Å²) in [6, 6.07) is 61.6. The van der Waals surface area contributed by atoms with E-state index in [1.165, 1.54) is 82.0 Å². The molecule has 0 atom stereocenters. The van der Waals surface area contributed by atoms with Gasteiger partial charge in [0.15, 0.2) is 0 Å². The Morgan fingerprint density at radius 1 is 0.298 bits per heavy atom. The van der Waals surface area contributed by atoms with E-state index in [1.54, 1.807) is 0 Å². The molecule has 9 aromatic rings. The van der Waals surface area contributed by atoms with E-state index in [1.807, 2.05) is 0 Å². The zero-order valence-corrected chi connectivity index (χ0v) is 25.6. The number of fused-ring (bicyclic) bond motifs is 5. The molecule has 1 heterocycles. The van der Waals surface area contributed by atoms with Crippen LogP contribution in [0.15, 0.2) is 170 Å².